The van der Waals surface area contributed by atoms with Crippen molar-refractivity contribution in [2.45, 2.75) is 6.04 Å². The van der Waals surface area contributed by atoms with Crippen LogP contribution in [0.1, 0.15) is 0 Å². The van der Waals surface area contributed by atoms with E-state index in [-0.39, 0.29) is 6.03 Å². The standard InChI is InChI=1S/C22H27N5O/c1-26-11-12-27(2)19(15-26)14-23-22(28)24-18-9-7-16(8-10-18)21-13-17-5-3-4-6-20(17)25-21/h3-10,13,19,25H,11-12,14-15H2,1-2H3,(H2,23,24,28)/t19-/m0/s1. The summed E-state index contributed by atoms with van der Waals surface area (Å²) in [5.74, 6) is 0. The highest BCUT2D eigenvalue weighted by Gasteiger charge is 2.22. The first kappa shape index (κ1) is 18.5. The Morgan fingerprint density at radius 3 is 2.68 bits per heavy atom. The van der Waals surface area contributed by atoms with Crippen molar-refractivity contribution >= 4 is 22.6 Å². The fraction of sp³-hybridized carbons (Fsp3) is 0.318. The quantitative estimate of drug-likeness (QED) is 0.654. The monoisotopic (exact) mass is 377 g/mol. The number of aromatic amines is 1. The zero-order valence-corrected chi connectivity index (χ0v) is 16.4. The fourth-order valence-electron chi connectivity index (χ4n) is 3.67. The van der Waals surface area contributed by atoms with Crippen molar-refractivity contribution in [3.8, 4) is 11.3 Å². The first-order chi connectivity index (χ1) is 13.6. The zero-order chi connectivity index (χ0) is 19.5. The van der Waals surface area contributed by atoms with Crippen molar-refractivity contribution in [2.24, 2.45) is 0 Å². The van der Waals surface area contributed by atoms with E-state index in [2.05, 4.69) is 57.7 Å². The molecule has 28 heavy (non-hydrogen) atoms. The van der Waals surface area contributed by atoms with E-state index in [4.69, 9.17) is 0 Å². The number of benzene rings is 2. The molecule has 3 N–H and O–H groups in total. The molecule has 0 aliphatic carbocycles. The highest BCUT2D eigenvalue weighted by molar-refractivity contribution is 5.90. The van der Waals surface area contributed by atoms with Crippen molar-refractivity contribution in [2.75, 3.05) is 45.6 Å². The van der Waals surface area contributed by atoms with Crippen LogP contribution in [-0.2, 0) is 0 Å². The number of para-hydroxylation sites is 1. The Morgan fingerprint density at radius 2 is 1.89 bits per heavy atom. The lowest BCUT2D eigenvalue weighted by atomic mass is 10.1. The van der Waals surface area contributed by atoms with Gasteiger partial charge in [-0.1, -0.05) is 30.3 Å². The number of nitrogens with one attached hydrogen (secondary N) is 3. The van der Waals surface area contributed by atoms with E-state index in [9.17, 15) is 4.79 Å². The second kappa shape index (κ2) is 8.04. The Morgan fingerprint density at radius 1 is 1.11 bits per heavy atom. The van der Waals surface area contributed by atoms with Crippen LogP contribution >= 0.6 is 0 Å². The third-order valence-corrected chi connectivity index (χ3v) is 5.46. The maximum atomic E-state index is 12.3. The van der Waals surface area contributed by atoms with Crippen LogP contribution in [0.2, 0.25) is 0 Å². The molecule has 1 aliphatic rings. The Kier molecular flexibility index (Phi) is 5.32. The molecule has 2 amide bonds. The van der Waals surface area contributed by atoms with Gasteiger partial charge in [-0.05, 0) is 43.9 Å². The lowest BCUT2D eigenvalue weighted by Gasteiger charge is -2.37. The smallest absolute Gasteiger partial charge is 0.319 e. The van der Waals surface area contributed by atoms with Gasteiger partial charge in [0.25, 0.3) is 0 Å². The molecule has 0 radical (unpaired) electrons. The summed E-state index contributed by atoms with van der Waals surface area (Å²) in [6.45, 7) is 3.71. The number of rotatable bonds is 4. The van der Waals surface area contributed by atoms with Crippen LogP contribution in [0, 0.1) is 0 Å². The number of carbonyl (C=O) groups excluding carboxylic acids is 1. The number of piperazine rings is 1. The van der Waals surface area contributed by atoms with Crippen molar-refractivity contribution in [3.05, 3.63) is 54.6 Å². The van der Waals surface area contributed by atoms with Gasteiger partial charge in [-0.3, -0.25) is 4.90 Å². The third kappa shape index (κ3) is 4.18. The Hall–Kier alpha value is -2.83. The normalized spacial score (nSPS) is 18.3. The van der Waals surface area contributed by atoms with E-state index >= 15 is 0 Å². The van der Waals surface area contributed by atoms with Crippen molar-refractivity contribution in [3.63, 3.8) is 0 Å². The highest BCUT2D eigenvalue weighted by atomic mass is 16.2. The first-order valence-electron chi connectivity index (χ1n) is 9.70. The second-order valence-corrected chi connectivity index (χ2v) is 7.58. The van der Waals surface area contributed by atoms with Crippen LogP contribution in [0.15, 0.2) is 54.6 Å². The Bertz CT molecular complexity index is 916. The minimum Gasteiger partial charge on any atom is -0.355 e. The highest BCUT2D eigenvalue weighted by Crippen LogP contribution is 2.25. The lowest BCUT2D eigenvalue weighted by molar-refractivity contribution is 0.115. The average Bonchev–Trinajstić information content (AvgIpc) is 3.13. The van der Waals surface area contributed by atoms with Crippen LogP contribution in [0.25, 0.3) is 22.2 Å². The van der Waals surface area contributed by atoms with Crippen LogP contribution in [0.3, 0.4) is 0 Å². The molecule has 1 saturated heterocycles. The predicted molar refractivity (Wildman–Crippen MR) is 115 cm³/mol. The number of H-pyrrole nitrogens is 1. The third-order valence-electron chi connectivity index (χ3n) is 5.46. The number of hydrogen-bond donors (Lipinski definition) is 3. The molecular formula is C22H27N5O. The molecule has 3 aromatic rings. The van der Waals surface area contributed by atoms with Crippen LogP contribution < -0.4 is 10.6 Å². The Labute approximate surface area is 165 Å². The number of hydrogen-bond acceptors (Lipinski definition) is 3. The maximum Gasteiger partial charge on any atom is 0.319 e. The number of fused-ring (bicyclic) bond motifs is 1. The number of aromatic nitrogens is 1. The predicted octanol–water partition coefficient (Wildman–Crippen LogP) is 3.20. The molecule has 1 atom stereocenters. The van der Waals surface area contributed by atoms with Crippen molar-refractivity contribution in [1.29, 1.82) is 0 Å². The molecular weight excluding hydrogens is 350 g/mol. The number of likely N-dealkylation sites (N-methyl/N-ethyl adjacent to an activating group) is 2. The van der Waals surface area contributed by atoms with Gasteiger partial charge in [0, 0.05) is 54.5 Å². The van der Waals surface area contributed by atoms with E-state index in [1.807, 2.05) is 36.4 Å². The summed E-state index contributed by atoms with van der Waals surface area (Å²) in [7, 11) is 4.23. The minimum absolute atomic E-state index is 0.167. The van der Waals surface area contributed by atoms with Gasteiger partial charge < -0.3 is 20.5 Å². The van der Waals surface area contributed by atoms with Gasteiger partial charge in [-0.25, -0.2) is 4.79 Å². The minimum atomic E-state index is -0.167. The second-order valence-electron chi connectivity index (χ2n) is 7.58. The molecule has 1 fully saturated rings. The van der Waals surface area contributed by atoms with Crippen LogP contribution in [0.4, 0.5) is 10.5 Å². The molecule has 146 valence electrons. The molecule has 2 heterocycles. The SMILES string of the molecule is CN1CCN(C)[C@@H](CNC(=O)Nc2ccc(-c3cc4ccccc4[nH]3)cc2)C1. The van der Waals surface area contributed by atoms with E-state index in [0.717, 1.165) is 42.1 Å². The number of amides is 2. The van der Waals surface area contributed by atoms with Gasteiger partial charge in [-0.2, -0.15) is 0 Å². The van der Waals surface area contributed by atoms with E-state index in [0.29, 0.717) is 12.6 Å². The lowest BCUT2D eigenvalue weighted by Crippen LogP contribution is -2.54. The summed E-state index contributed by atoms with van der Waals surface area (Å²) in [4.78, 5) is 20.3. The average molecular weight is 377 g/mol. The molecule has 0 spiro atoms. The summed E-state index contributed by atoms with van der Waals surface area (Å²) in [6, 6.07) is 18.4. The Balaban J connectivity index is 1.34. The number of nitrogens with zero attached hydrogens (tertiary/aromatic N) is 2. The van der Waals surface area contributed by atoms with Gasteiger partial charge >= 0.3 is 6.03 Å². The van der Waals surface area contributed by atoms with Crippen molar-refractivity contribution < 1.29 is 4.79 Å². The summed E-state index contributed by atoms with van der Waals surface area (Å²) in [5.41, 5.74) is 4.07. The summed E-state index contributed by atoms with van der Waals surface area (Å²) >= 11 is 0. The summed E-state index contributed by atoms with van der Waals surface area (Å²) in [6.07, 6.45) is 0. The van der Waals surface area contributed by atoms with Crippen LogP contribution in [-0.4, -0.2) is 67.1 Å². The summed E-state index contributed by atoms with van der Waals surface area (Å²) in [5, 5.41) is 7.10. The molecule has 6 nitrogen and oxygen atoms in total. The van der Waals surface area contributed by atoms with Gasteiger partial charge in [0.1, 0.15) is 0 Å². The largest absolute Gasteiger partial charge is 0.355 e. The van der Waals surface area contributed by atoms with E-state index in [1.54, 1.807) is 0 Å². The van der Waals surface area contributed by atoms with Crippen molar-refractivity contribution in [1.82, 2.24) is 20.1 Å². The number of urea groups is 1. The molecule has 1 aliphatic heterocycles. The van der Waals surface area contributed by atoms with E-state index < -0.39 is 0 Å². The van der Waals surface area contributed by atoms with E-state index in [1.165, 1.54) is 5.39 Å². The maximum absolute atomic E-state index is 12.3. The molecule has 0 unspecified atom stereocenters. The molecule has 0 bridgehead atoms. The number of anilines is 1. The molecule has 1 aromatic heterocycles. The first-order valence-corrected chi connectivity index (χ1v) is 9.70. The van der Waals surface area contributed by atoms with Gasteiger partial charge in [-0.15, -0.1) is 0 Å². The zero-order valence-electron chi connectivity index (χ0n) is 16.4. The van der Waals surface area contributed by atoms with Crippen LogP contribution in [0.5, 0.6) is 0 Å². The fourth-order valence-corrected chi connectivity index (χ4v) is 3.67. The topological polar surface area (TPSA) is 63.4 Å². The summed E-state index contributed by atoms with van der Waals surface area (Å²) < 4.78 is 0. The molecule has 6 heteroatoms. The van der Waals surface area contributed by atoms with Gasteiger partial charge in [0.05, 0.1) is 0 Å². The van der Waals surface area contributed by atoms with Gasteiger partial charge in [0.2, 0.25) is 0 Å². The molecule has 2 aromatic carbocycles. The molecule has 4 rings (SSSR count). The number of carbonyl (C=O) groups is 1. The molecule has 0 saturated carbocycles. The van der Waals surface area contributed by atoms with Gasteiger partial charge in [0.15, 0.2) is 0 Å².